The van der Waals surface area contributed by atoms with Crippen LogP contribution in [-0.2, 0) is 10.0 Å². The first-order chi connectivity index (χ1) is 18.2. The summed E-state index contributed by atoms with van der Waals surface area (Å²) in [6, 6.07) is 9.48. The standard InChI is InChI=1S/C29H37N3O5S/c1-21-18-32(22(2)20-33)38(35,36)28-15-14-24(12-8-11-23-9-4-5-10-23)17-26(28)37-27(21)19-31(3)29(34)25-13-6-7-16-30-25/h6-7,13-17,21-23,27,33H,4-5,9-11,18-20H2,1-3H3/t21-,22-,27+/m1/s1. The molecule has 0 radical (unpaired) electrons. The lowest BCUT2D eigenvalue weighted by atomic mass is 10.0. The molecule has 38 heavy (non-hydrogen) atoms. The van der Waals surface area contributed by atoms with Crippen LogP contribution in [0.5, 0.6) is 5.75 Å². The third-order valence-electron chi connectivity index (χ3n) is 7.45. The Morgan fingerprint density at radius 1 is 1.26 bits per heavy atom. The Bertz CT molecular complexity index is 1280. The summed E-state index contributed by atoms with van der Waals surface area (Å²) in [5, 5.41) is 9.84. The van der Waals surface area contributed by atoms with E-state index in [0.717, 1.165) is 6.42 Å². The number of pyridine rings is 1. The fourth-order valence-electron chi connectivity index (χ4n) is 5.07. The van der Waals surface area contributed by atoms with Crippen molar-refractivity contribution < 1.29 is 23.1 Å². The summed E-state index contributed by atoms with van der Waals surface area (Å²) in [6.45, 7) is 3.64. The Hall–Kier alpha value is -2.93. The van der Waals surface area contributed by atoms with Crippen molar-refractivity contribution in [2.24, 2.45) is 11.8 Å². The van der Waals surface area contributed by atoms with Gasteiger partial charge in [0.15, 0.2) is 0 Å². The number of aliphatic hydroxyl groups is 1. The molecule has 3 atom stereocenters. The molecule has 2 aromatic rings. The van der Waals surface area contributed by atoms with Gasteiger partial charge in [0.25, 0.3) is 5.91 Å². The number of carbonyl (C=O) groups excluding carboxylic acids is 1. The fourth-order valence-corrected chi connectivity index (χ4v) is 6.90. The third-order valence-corrected chi connectivity index (χ3v) is 9.47. The predicted octanol–water partition coefficient (Wildman–Crippen LogP) is 3.55. The van der Waals surface area contributed by atoms with Crippen LogP contribution in [0, 0.1) is 23.7 Å². The first kappa shape index (κ1) is 28.1. The van der Waals surface area contributed by atoms with Gasteiger partial charge >= 0.3 is 0 Å². The molecular weight excluding hydrogens is 502 g/mol. The molecule has 1 saturated carbocycles. The molecule has 9 heteroatoms. The van der Waals surface area contributed by atoms with Crippen LogP contribution in [0.15, 0.2) is 47.5 Å². The smallest absolute Gasteiger partial charge is 0.272 e. The molecule has 2 aliphatic rings. The van der Waals surface area contributed by atoms with Crippen LogP contribution in [-0.4, -0.2) is 72.5 Å². The Balaban J connectivity index is 1.66. The van der Waals surface area contributed by atoms with E-state index >= 15 is 0 Å². The number of nitrogens with zero attached hydrogens (tertiary/aromatic N) is 3. The largest absolute Gasteiger partial charge is 0.487 e. The van der Waals surface area contributed by atoms with Crippen molar-refractivity contribution in [3.63, 3.8) is 0 Å². The van der Waals surface area contributed by atoms with Crippen molar-refractivity contribution >= 4 is 15.9 Å². The first-order valence-corrected chi connectivity index (χ1v) is 14.7. The van der Waals surface area contributed by atoms with Gasteiger partial charge in [-0.2, -0.15) is 4.31 Å². The average molecular weight is 540 g/mol. The molecule has 0 bridgehead atoms. The SMILES string of the molecule is C[C@@H]1CN([C@H](C)CO)S(=O)(=O)c2ccc(C#CCC3CCCC3)cc2O[C@H]1CN(C)C(=O)c1ccccn1. The number of ether oxygens (including phenoxy) is 1. The molecule has 8 nitrogen and oxygen atoms in total. The molecule has 2 heterocycles. The summed E-state index contributed by atoms with van der Waals surface area (Å²) in [7, 11) is -2.26. The minimum Gasteiger partial charge on any atom is -0.487 e. The van der Waals surface area contributed by atoms with Crippen LogP contribution in [0.4, 0.5) is 0 Å². The Kier molecular flexibility index (Phi) is 9.08. The van der Waals surface area contributed by atoms with E-state index in [-0.39, 0.29) is 42.2 Å². The number of rotatable bonds is 6. The second kappa shape index (κ2) is 12.3. The number of carbonyl (C=O) groups is 1. The van der Waals surface area contributed by atoms with Gasteiger partial charge in [0, 0.05) is 43.7 Å². The Morgan fingerprint density at radius 2 is 2.03 bits per heavy atom. The maximum Gasteiger partial charge on any atom is 0.272 e. The van der Waals surface area contributed by atoms with Crippen molar-refractivity contribution in [3.8, 4) is 17.6 Å². The van der Waals surface area contributed by atoms with Crippen LogP contribution in [0.1, 0.15) is 62.0 Å². The van der Waals surface area contributed by atoms with Crippen LogP contribution in [0.2, 0.25) is 0 Å². The van der Waals surface area contributed by atoms with Crippen LogP contribution >= 0.6 is 0 Å². The maximum absolute atomic E-state index is 13.7. The van der Waals surface area contributed by atoms with Crippen molar-refractivity contribution in [2.75, 3.05) is 26.7 Å². The average Bonchev–Trinajstić information content (AvgIpc) is 3.43. The zero-order valence-electron chi connectivity index (χ0n) is 22.3. The second-order valence-corrected chi connectivity index (χ2v) is 12.3. The Labute approximate surface area is 226 Å². The van der Waals surface area contributed by atoms with Gasteiger partial charge in [0.2, 0.25) is 10.0 Å². The number of fused-ring (bicyclic) bond motifs is 1. The number of sulfonamides is 1. The van der Waals surface area contributed by atoms with Crippen molar-refractivity contribution in [1.82, 2.24) is 14.2 Å². The van der Waals surface area contributed by atoms with E-state index in [2.05, 4.69) is 16.8 Å². The maximum atomic E-state index is 13.7. The number of aliphatic hydroxyl groups excluding tert-OH is 1. The van der Waals surface area contributed by atoms with Crippen molar-refractivity contribution in [3.05, 3.63) is 53.9 Å². The van der Waals surface area contributed by atoms with Gasteiger partial charge in [0.05, 0.1) is 13.2 Å². The van der Waals surface area contributed by atoms with E-state index in [1.807, 2.05) is 6.92 Å². The molecule has 1 fully saturated rings. The highest BCUT2D eigenvalue weighted by Crippen LogP contribution is 2.34. The highest BCUT2D eigenvalue weighted by Gasteiger charge is 2.38. The molecule has 1 amide bonds. The van der Waals surface area contributed by atoms with E-state index in [9.17, 15) is 18.3 Å². The number of amides is 1. The summed E-state index contributed by atoms with van der Waals surface area (Å²) in [5.74, 6) is 6.77. The monoisotopic (exact) mass is 539 g/mol. The van der Waals surface area contributed by atoms with Crippen LogP contribution < -0.4 is 4.74 Å². The number of hydrogen-bond acceptors (Lipinski definition) is 6. The highest BCUT2D eigenvalue weighted by molar-refractivity contribution is 7.89. The normalized spacial score (nSPS) is 22.2. The molecule has 0 spiro atoms. The van der Waals surface area contributed by atoms with Crippen molar-refractivity contribution in [2.45, 2.75) is 63.0 Å². The molecule has 204 valence electrons. The number of hydrogen-bond donors (Lipinski definition) is 1. The summed E-state index contributed by atoms with van der Waals surface area (Å²) in [5.41, 5.74) is 1.01. The van der Waals surface area contributed by atoms with E-state index in [1.54, 1.807) is 55.4 Å². The van der Waals surface area contributed by atoms with E-state index in [4.69, 9.17) is 4.74 Å². The Morgan fingerprint density at radius 3 is 2.71 bits per heavy atom. The summed E-state index contributed by atoms with van der Waals surface area (Å²) < 4.78 is 35.0. The molecule has 1 aromatic carbocycles. The van der Waals surface area contributed by atoms with Gasteiger partial charge < -0.3 is 14.7 Å². The lowest BCUT2D eigenvalue weighted by Crippen LogP contribution is -2.50. The molecule has 0 saturated heterocycles. The van der Waals surface area contributed by atoms with Crippen LogP contribution in [0.25, 0.3) is 0 Å². The minimum atomic E-state index is -3.94. The molecule has 1 aromatic heterocycles. The number of aromatic nitrogens is 1. The molecule has 4 rings (SSSR count). The van der Waals surface area contributed by atoms with Crippen molar-refractivity contribution in [1.29, 1.82) is 0 Å². The zero-order valence-corrected chi connectivity index (χ0v) is 23.2. The molecule has 1 N–H and O–H groups in total. The summed E-state index contributed by atoms with van der Waals surface area (Å²) in [6.07, 6.45) is 6.84. The highest BCUT2D eigenvalue weighted by atomic mass is 32.2. The molecular formula is C29H37N3O5S. The van der Waals surface area contributed by atoms with Gasteiger partial charge in [-0.3, -0.25) is 9.78 Å². The lowest BCUT2D eigenvalue weighted by molar-refractivity contribution is 0.0559. The lowest BCUT2D eigenvalue weighted by Gasteiger charge is -2.37. The summed E-state index contributed by atoms with van der Waals surface area (Å²) in [4.78, 5) is 18.7. The molecule has 1 aliphatic heterocycles. The minimum absolute atomic E-state index is 0.0368. The molecule has 0 unspecified atom stereocenters. The quantitative estimate of drug-likeness (QED) is 0.564. The first-order valence-electron chi connectivity index (χ1n) is 13.3. The zero-order chi connectivity index (χ0) is 27.3. The van der Waals surface area contributed by atoms with Gasteiger partial charge in [-0.1, -0.05) is 37.7 Å². The fraction of sp³-hybridized carbons (Fsp3) is 0.517. The van der Waals surface area contributed by atoms with Gasteiger partial charge in [0.1, 0.15) is 22.4 Å². The second-order valence-electron chi connectivity index (χ2n) is 10.5. The topological polar surface area (TPSA) is 100 Å². The van der Waals surface area contributed by atoms with Crippen LogP contribution in [0.3, 0.4) is 0 Å². The number of likely N-dealkylation sites (N-methyl/N-ethyl adjacent to an activating group) is 1. The number of benzene rings is 1. The molecule has 1 aliphatic carbocycles. The van der Waals surface area contributed by atoms with Gasteiger partial charge in [-0.25, -0.2) is 8.42 Å². The predicted molar refractivity (Wildman–Crippen MR) is 145 cm³/mol. The van der Waals surface area contributed by atoms with Gasteiger partial charge in [-0.05, 0) is 56.0 Å². The van der Waals surface area contributed by atoms with Gasteiger partial charge in [-0.15, -0.1) is 0 Å². The summed E-state index contributed by atoms with van der Waals surface area (Å²) >= 11 is 0. The van der Waals surface area contributed by atoms with E-state index in [1.165, 1.54) is 36.1 Å². The third kappa shape index (κ3) is 6.37. The van der Waals surface area contributed by atoms with E-state index in [0.29, 0.717) is 17.2 Å². The van der Waals surface area contributed by atoms with E-state index < -0.39 is 22.2 Å².